The summed E-state index contributed by atoms with van der Waals surface area (Å²) in [6.45, 7) is 2.00. The van der Waals surface area contributed by atoms with Crippen molar-refractivity contribution in [1.82, 2.24) is 19.7 Å². The molecular formula is C9H11BrN4O. The molecule has 15 heavy (non-hydrogen) atoms. The highest BCUT2D eigenvalue weighted by atomic mass is 79.9. The molecule has 0 radical (unpaired) electrons. The summed E-state index contributed by atoms with van der Waals surface area (Å²) in [7, 11) is 0. The maximum absolute atomic E-state index is 9.10. The molecule has 0 aliphatic carbocycles. The maximum Gasteiger partial charge on any atom is 0.111 e. The summed E-state index contributed by atoms with van der Waals surface area (Å²) in [5, 5.41) is 16.0. The topological polar surface area (TPSA) is 66.7 Å². The van der Waals surface area contributed by atoms with Crippen molar-refractivity contribution in [3.63, 3.8) is 0 Å². The molecule has 2 N–H and O–H groups in total. The molecule has 0 amide bonds. The lowest BCUT2D eigenvalue weighted by Crippen LogP contribution is -2.09. The Morgan fingerprint density at radius 3 is 3.07 bits per heavy atom. The van der Waals surface area contributed by atoms with Crippen LogP contribution in [0.5, 0.6) is 0 Å². The molecular weight excluding hydrogens is 260 g/mol. The number of aliphatic hydroxyl groups excluding tert-OH is 1. The van der Waals surface area contributed by atoms with Gasteiger partial charge in [-0.2, -0.15) is 5.10 Å². The van der Waals surface area contributed by atoms with Gasteiger partial charge in [-0.3, -0.25) is 5.10 Å². The number of aromatic amines is 1. The van der Waals surface area contributed by atoms with E-state index in [1.54, 1.807) is 12.5 Å². The van der Waals surface area contributed by atoms with Gasteiger partial charge in [0, 0.05) is 0 Å². The zero-order chi connectivity index (χ0) is 10.8. The molecule has 0 aliphatic heterocycles. The van der Waals surface area contributed by atoms with E-state index in [0.29, 0.717) is 0 Å². The van der Waals surface area contributed by atoms with Crippen LogP contribution in [0.25, 0.3) is 11.4 Å². The van der Waals surface area contributed by atoms with Gasteiger partial charge in [0.1, 0.15) is 10.3 Å². The van der Waals surface area contributed by atoms with E-state index < -0.39 is 0 Å². The van der Waals surface area contributed by atoms with Crippen LogP contribution in [0.15, 0.2) is 23.2 Å². The summed E-state index contributed by atoms with van der Waals surface area (Å²) >= 11 is 3.30. The van der Waals surface area contributed by atoms with Gasteiger partial charge in [0.2, 0.25) is 0 Å². The summed E-state index contributed by atoms with van der Waals surface area (Å²) in [4.78, 5) is 4.06. The van der Waals surface area contributed by atoms with Crippen molar-refractivity contribution in [3.8, 4) is 11.4 Å². The minimum atomic E-state index is -0.00187. The minimum Gasteiger partial charge on any atom is -0.394 e. The Morgan fingerprint density at radius 2 is 2.47 bits per heavy atom. The molecule has 0 saturated heterocycles. The highest BCUT2D eigenvalue weighted by Crippen LogP contribution is 2.22. The maximum atomic E-state index is 9.10. The highest BCUT2D eigenvalue weighted by molar-refractivity contribution is 9.10. The molecule has 0 bridgehead atoms. The molecule has 80 valence electrons. The fraction of sp³-hybridized carbons (Fsp3) is 0.333. The molecule has 6 heteroatoms. The van der Waals surface area contributed by atoms with Crippen LogP contribution in [0.4, 0.5) is 0 Å². The Morgan fingerprint density at radius 1 is 1.67 bits per heavy atom. The minimum absolute atomic E-state index is 0.00187. The lowest BCUT2D eigenvalue weighted by atomic mass is 10.3. The summed E-state index contributed by atoms with van der Waals surface area (Å²) in [5.74, 6) is 0. The third-order valence-corrected chi connectivity index (χ3v) is 2.62. The third-order valence-electron chi connectivity index (χ3n) is 2.21. The van der Waals surface area contributed by atoms with E-state index in [9.17, 15) is 0 Å². The van der Waals surface area contributed by atoms with E-state index in [-0.39, 0.29) is 12.6 Å². The number of aromatic nitrogens is 4. The van der Waals surface area contributed by atoms with Crippen molar-refractivity contribution in [1.29, 1.82) is 0 Å². The molecule has 0 saturated carbocycles. The molecule has 0 aromatic carbocycles. The fourth-order valence-corrected chi connectivity index (χ4v) is 1.68. The van der Waals surface area contributed by atoms with Crippen molar-refractivity contribution in [3.05, 3.63) is 23.2 Å². The quantitative estimate of drug-likeness (QED) is 0.890. The van der Waals surface area contributed by atoms with E-state index in [1.807, 2.05) is 17.6 Å². The van der Waals surface area contributed by atoms with Gasteiger partial charge in [-0.15, -0.1) is 0 Å². The second-order valence-corrected chi connectivity index (χ2v) is 4.17. The molecule has 2 aromatic heterocycles. The third kappa shape index (κ3) is 1.95. The van der Waals surface area contributed by atoms with E-state index in [2.05, 4.69) is 31.1 Å². The zero-order valence-electron chi connectivity index (χ0n) is 8.18. The van der Waals surface area contributed by atoms with Gasteiger partial charge in [0.25, 0.3) is 0 Å². The van der Waals surface area contributed by atoms with Crippen LogP contribution in [0.3, 0.4) is 0 Å². The van der Waals surface area contributed by atoms with Crippen molar-refractivity contribution < 1.29 is 5.11 Å². The lowest BCUT2D eigenvalue weighted by molar-refractivity contribution is 0.239. The Hall–Kier alpha value is -1.14. The number of halogens is 1. The Bertz CT molecular complexity index is 450. The lowest BCUT2D eigenvalue weighted by Gasteiger charge is -2.12. The van der Waals surface area contributed by atoms with Crippen LogP contribution in [0, 0.1) is 0 Å². The van der Waals surface area contributed by atoms with Gasteiger partial charge in [0.05, 0.1) is 30.9 Å². The SMILES string of the molecule is CC(CO)n1cncc1-c1cc(Br)[nH]n1. The number of imidazole rings is 1. The molecule has 0 fully saturated rings. The number of aliphatic hydroxyl groups is 1. The van der Waals surface area contributed by atoms with Crippen molar-refractivity contribution >= 4 is 15.9 Å². The summed E-state index contributed by atoms with van der Waals surface area (Å²) in [5.41, 5.74) is 1.69. The number of nitrogens with zero attached hydrogens (tertiary/aromatic N) is 3. The second-order valence-electron chi connectivity index (χ2n) is 3.32. The molecule has 1 unspecified atom stereocenters. The number of nitrogens with one attached hydrogen (secondary N) is 1. The van der Waals surface area contributed by atoms with E-state index in [4.69, 9.17) is 5.11 Å². The van der Waals surface area contributed by atoms with E-state index in [0.717, 1.165) is 16.0 Å². The summed E-state index contributed by atoms with van der Waals surface area (Å²) < 4.78 is 2.71. The molecule has 1 atom stereocenters. The van der Waals surface area contributed by atoms with Crippen LogP contribution in [0.2, 0.25) is 0 Å². The molecule has 2 rings (SSSR count). The first-order chi connectivity index (χ1) is 7.22. The molecule has 5 nitrogen and oxygen atoms in total. The summed E-state index contributed by atoms with van der Waals surface area (Å²) in [6, 6.07) is 1.87. The van der Waals surface area contributed by atoms with Gasteiger partial charge in [0.15, 0.2) is 0 Å². The largest absolute Gasteiger partial charge is 0.394 e. The highest BCUT2D eigenvalue weighted by Gasteiger charge is 2.12. The van der Waals surface area contributed by atoms with Gasteiger partial charge in [-0.25, -0.2) is 4.98 Å². The smallest absolute Gasteiger partial charge is 0.111 e. The first kappa shape index (κ1) is 10.4. The number of rotatable bonds is 3. The number of H-pyrrole nitrogens is 1. The fourth-order valence-electron chi connectivity index (χ4n) is 1.37. The summed E-state index contributed by atoms with van der Waals surface area (Å²) in [6.07, 6.45) is 3.42. The normalized spacial score (nSPS) is 13.0. The van der Waals surface area contributed by atoms with Gasteiger partial charge in [-0.05, 0) is 28.9 Å². The van der Waals surface area contributed by atoms with Crippen molar-refractivity contribution in [2.75, 3.05) is 6.61 Å². The van der Waals surface area contributed by atoms with E-state index in [1.165, 1.54) is 0 Å². The average molecular weight is 271 g/mol. The van der Waals surface area contributed by atoms with Gasteiger partial charge < -0.3 is 9.67 Å². The monoisotopic (exact) mass is 270 g/mol. The van der Waals surface area contributed by atoms with Gasteiger partial charge in [-0.1, -0.05) is 0 Å². The zero-order valence-corrected chi connectivity index (χ0v) is 9.77. The van der Waals surface area contributed by atoms with Crippen LogP contribution >= 0.6 is 15.9 Å². The molecule has 0 spiro atoms. The standard InChI is InChI=1S/C9H11BrN4O/c1-6(4-15)14-5-11-3-8(14)7-2-9(10)13-12-7/h2-3,5-6,15H,4H2,1H3,(H,12,13). The van der Waals surface area contributed by atoms with Crippen LogP contribution in [0.1, 0.15) is 13.0 Å². The Balaban J connectivity index is 2.40. The molecule has 2 aromatic rings. The second kappa shape index (κ2) is 4.16. The Labute approximate surface area is 95.3 Å². The average Bonchev–Trinajstić information content (AvgIpc) is 2.84. The van der Waals surface area contributed by atoms with Crippen LogP contribution in [-0.2, 0) is 0 Å². The molecule has 0 aliphatic rings. The molecule has 2 heterocycles. The number of hydrogen-bond acceptors (Lipinski definition) is 3. The predicted octanol–water partition coefficient (Wildman–Crippen LogP) is 1.59. The predicted molar refractivity (Wildman–Crippen MR) is 59.3 cm³/mol. The van der Waals surface area contributed by atoms with Crippen molar-refractivity contribution in [2.45, 2.75) is 13.0 Å². The van der Waals surface area contributed by atoms with Crippen molar-refractivity contribution in [2.24, 2.45) is 0 Å². The first-order valence-electron chi connectivity index (χ1n) is 4.56. The van der Waals surface area contributed by atoms with Crippen LogP contribution < -0.4 is 0 Å². The van der Waals surface area contributed by atoms with Gasteiger partial charge >= 0.3 is 0 Å². The first-order valence-corrected chi connectivity index (χ1v) is 5.35. The Kier molecular flexibility index (Phi) is 2.88. The van der Waals surface area contributed by atoms with Crippen LogP contribution in [-0.4, -0.2) is 31.5 Å². The van der Waals surface area contributed by atoms with E-state index >= 15 is 0 Å². The number of hydrogen-bond donors (Lipinski definition) is 2.